The van der Waals surface area contributed by atoms with Gasteiger partial charge in [-0.3, -0.25) is 4.79 Å². The lowest BCUT2D eigenvalue weighted by molar-refractivity contribution is -0.137. The summed E-state index contributed by atoms with van der Waals surface area (Å²) in [6, 6.07) is 4.42. The van der Waals surface area contributed by atoms with Crippen LogP contribution >= 0.6 is 0 Å². The molecule has 1 aromatic carbocycles. The fourth-order valence-corrected chi connectivity index (χ4v) is 2.18. The van der Waals surface area contributed by atoms with Gasteiger partial charge in [0.25, 0.3) is 0 Å². The molecule has 0 aliphatic carbocycles. The summed E-state index contributed by atoms with van der Waals surface area (Å²) < 4.78 is 42.4. The van der Waals surface area contributed by atoms with Crippen LogP contribution in [-0.2, 0) is 10.9 Å². The van der Waals surface area contributed by atoms with E-state index in [0.717, 1.165) is 25.0 Å². The number of rotatable bonds is 3. The molecule has 104 valence electrons. The van der Waals surface area contributed by atoms with E-state index in [-0.39, 0.29) is 11.7 Å². The third-order valence-corrected chi connectivity index (χ3v) is 3.35. The Morgan fingerprint density at radius 2 is 1.74 bits per heavy atom. The van der Waals surface area contributed by atoms with E-state index >= 15 is 0 Å². The van der Waals surface area contributed by atoms with Crippen LogP contribution in [-0.4, -0.2) is 19.0 Å². The average molecular weight is 272 g/mol. The number of halogens is 3. The number of alkyl halides is 3. The Bertz CT molecular complexity index is 431. The van der Waals surface area contributed by atoms with Crippen LogP contribution in [0.5, 0.6) is 0 Å². The van der Waals surface area contributed by atoms with Gasteiger partial charge in [-0.05, 0) is 30.9 Å². The van der Waals surface area contributed by atoms with Crippen LogP contribution in [0.15, 0.2) is 24.3 Å². The summed E-state index contributed by atoms with van der Waals surface area (Å²) in [5.41, 5.74) is -0.380. The number of ketones is 1. The molecule has 0 unspecified atom stereocenters. The first-order chi connectivity index (χ1) is 8.97. The lowest BCUT2D eigenvalue weighted by Gasteiger charge is -2.21. The Morgan fingerprint density at radius 1 is 1.16 bits per heavy atom. The van der Waals surface area contributed by atoms with Gasteiger partial charge < -0.3 is 4.74 Å². The van der Waals surface area contributed by atoms with Crippen LogP contribution in [0.1, 0.15) is 35.2 Å². The van der Waals surface area contributed by atoms with Crippen molar-refractivity contribution >= 4 is 5.78 Å². The lowest BCUT2D eigenvalue weighted by atomic mass is 9.92. The second-order valence-electron chi connectivity index (χ2n) is 4.76. The van der Waals surface area contributed by atoms with Crippen molar-refractivity contribution < 1.29 is 22.7 Å². The van der Waals surface area contributed by atoms with Gasteiger partial charge in [0.05, 0.1) is 5.56 Å². The first kappa shape index (κ1) is 14.1. The monoisotopic (exact) mass is 272 g/mol. The van der Waals surface area contributed by atoms with Crippen molar-refractivity contribution in [1.29, 1.82) is 0 Å². The summed E-state index contributed by atoms with van der Waals surface area (Å²) in [7, 11) is 0. The summed E-state index contributed by atoms with van der Waals surface area (Å²) in [5, 5.41) is 0. The van der Waals surface area contributed by atoms with E-state index in [4.69, 9.17) is 4.74 Å². The third-order valence-electron chi connectivity index (χ3n) is 3.35. The largest absolute Gasteiger partial charge is 0.416 e. The maximum atomic E-state index is 12.4. The Labute approximate surface area is 109 Å². The molecule has 1 fully saturated rings. The topological polar surface area (TPSA) is 26.3 Å². The predicted octanol–water partition coefficient (Wildman–Crippen LogP) is 3.70. The van der Waals surface area contributed by atoms with Crippen LogP contribution in [0.25, 0.3) is 0 Å². The molecule has 19 heavy (non-hydrogen) atoms. The zero-order valence-corrected chi connectivity index (χ0v) is 10.4. The van der Waals surface area contributed by atoms with E-state index in [1.807, 2.05) is 0 Å². The van der Waals surface area contributed by atoms with E-state index in [0.29, 0.717) is 25.2 Å². The third kappa shape index (κ3) is 3.80. The maximum absolute atomic E-state index is 12.4. The first-order valence-electron chi connectivity index (χ1n) is 6.25. The zero-order valence-electron chi connectivity index (χ0n) is 10.4. The molecule has 1 aromatic rings. The highest BCUT2D eigenvalue weighted by atomic mass is 19.4. The SMILES string of the molecule is O=C(CC1CCOCC1)c1ccc(C(F)(F)F)cc1. The van der Waals surface area contributed by atoms with Crippen LogP contribution in [0, 0.1) is 5.92 Å². The molecule has 0 radical (unpaired) electrons. The van der Waals surface area contributed by atoms with Gasteiger partial charge >= 0.3 is 6.18 Å². The molecule has 1 aliphatic heterocycles. The number of hydrogen-bond acceptors (Lipinski definition) is 2. The molecule has 2 nitrogen and oxygen atoms in total. The van der Waals surface area contributed by atoms with Gasteiger partial charge in [0.2, 0.25) is 0 Å². The van der Waals surface area contributed by atoms with Crippen molar-refractivity contribution in [3.05, 3.63) is 35.4 Å². The second-order valence-corrected chi connectivity index (χ2v) is 4.76. The van der Waals surface area contributed by atoms with E-state index < -0.39 is 11.7 Å². The van der Waals surface area contributed by atoms with E-state index in [9.17, 15) is 18.0 Å². The highest BCUT2D eigenvalue weighted by Crippen LogP contribution is 2.29. The lowest BCUT2D eigenvalue weighted by Crippen LogP contribution is -2.18. The van der Waals surface area contributed by atoms with Gasteiger partial charge in [0.1, 0.15) is 0 Å². The van der Waals surface area contributed by atoms with E-state index in [1.54, 1.807) is 0 Å². The van der Waals surface area contributed by atoms with Crippen molar-refractivity contribution in [3.63, 3.8) is 0 Å². The van der Waals surface area contributed by atoms with E-state index in [1.165, 1.54) is 12.1 Å². The summed E-state index contributed by atoms with van der Waals surface area (Å²) in [6.45, 7) is 1.32. The number of Topliss-reactive ketones (excluding diaryl/α,β-unsaturated/α-hetero) is 1. The highest BCUT2D eigenvalue weighted by molar-refractivity contribution is 5.96. The van der Waals surface area contributed by atoms with Gasteiger partial charge in [-0.2, -0.15) is 13.2 Å². The van der Waals surface area contributed by atoms with Crippen LogP contribution < -0.4 is 0 Å². The van der Waals surface area contributed by atoms with Crippen molar-refractivity contribution in [3.8, 4) is 0 Å². The van der Waals surface area contributed by atoms with Crippen LogP contribution in [0.2, 0.25) is 0 Å². The van der Waals surface area contributed by atoms with Crippen molar-refractivity contribution in [2.75, 3.05) is 13.2 Å². The Morgan fingerprint density at radius 3 is 2.26 bits per heavy atom. The minimum Gasteiger partial charge on any atom is -0.381 e. The summed E-state index contributed by atoms with van der Waals surface area (Å²) in [4.78, 5) is 12.0. The molecule has 1 saturated heterocycles. The fourth-order valence-electron chi connectivity index (χ4n) is 2.18. The Kier molecular flexibility index (Phi) is 4.24. The minimum absolute atomic E-state index is 0.0966. The minimum atomic E-state index is -4.36. The Balaban J connectivity index is 1.99. The summed E-state index contributed by atoms with van der Waals surface area (Å²) in [5.74, 6) is 0.184. The summed E-state index contributed by atoms with van der Waals surface area (Å²) in [6.07, 6.45) is -2.30. The molecular formula is C14H15F3O2. The number of carbonyl (C=O) groups excluding carboxylic acids is 1. The summed E-state index contributed by atoms with van der Waals surface area (Å²) >= 11 is 0. The van der Waals surface area contributed by atoms with E-state index in [2.05, 4.69) is 0 Å². The van der Waals surface area contributed by atoms with Gasteiger partial charge in [-0.1, -0.05) is 12.1 Å². The normalized spacial score (nSPS) is 17.4. The van der Waals surface area contributed by atoms with Gasteiger partial charge in [-0.15, -0.1) is 0 Å². The second kappa shape index (κ2) is 5.74. The van der Waals surface area contributed by atoms with Crippen LogP contribution in [0.3, 0.4) is 0 Å². The highest BCUT2D eigenvalue weighted by Gasteiger charge is 2.30. The molecular weight excluding hydrogens is 257 g/mol. The van der Waals surface area contributed by atoms with Crippen molar-refractivity contribution in [2.24, 2.45) is 5.92 Å². The molecule has 0 bridgehead atoms. The molecule has 0 atom stereocenters. The molecule has 0 saturated carbocycles. The van der Waals surface area contributed by atoms with Crippen LogP contribution in [0.4, 0.5) is 13.2 Å². The quantitative estimate of drug-likeness (QED) is 0.784. The Hall–Kier alpha value is -1.36. The molecule has 0 amide bonds. The molecule has 0 N–H and O–H groups in total. The number of benzene rings is 1. The van der Waals surface area contributed by atoms with Crippen molar-refractivity contribution in [2.45, 2.75) is 25.4 Å². The molecule has 1 heterocycles. The molecule has 2 rings (SSSR count). The van der Waals surface area contributed by atoms with Gasteiger partial charge in [0, 0.05) is 25.2 Å². The molecule has 1 aliphatic rings. The number of carbonyl (C=O) groups is 1. The smallest absolute Gasteiger partial charge is 0.381 e. The van der Waals surface area contributed by atoms with Gasteiger partial charge in [0.15, 0.2) is 5.78 Å². The number of ether oxygens (including phenoxy) is 1. The average Bonchev–Trinajstić information content (AvgIpc) is 2.39. The fraction of sp³-hybridized carbons (Fsp3) is 0.500. The van der Waals surface area contributed by atoms with Gasteiger partial charge in [-0.25, -0.2) is 0 Å². The molecule has 0 spiro atoms. The first-order valence-corrected chi connectivity index (χ1v) is 6.25. The predicted molar refractivity (Wildman–Crippen MR) is 63.9 cm³/mol. The molecule has 5 heteroatoms. The zero-order chi connectivity index (χ0) is 13.9. The maximum Gasteiger partial charge on any atom is 0.416 e. The molecule has 0 aromatic heterocycles. The number of hydrogen-bond donors (Lipinski definition) is 0. The van der Waals surface area contributed by atoms with Crippen molar-refractivity contribution in [1.82, 2.24) is 0 Å². The standard InChI is InChI=1S/C14H15F3O2/c15-14(16,17)12-3-1-11(2-4-12)13(18)9-10-5-7-19-8-6-10/h1-4,10H,5-9H2.